The maximum absolute atomic E-state index is 13.8. The lowest BCUT2D eigenvalue weighted by Crippen LogP contribution is -2.07. The van der Waals surface area contributed by atoms with Crippen molar-refractivity contribution < 1.29 is 8.78 Å². The standard InChI is InChI=1S/C17H15F2N3/c18-14-6-5-12(15(19)10-14)9-17-21-7-8-22(17)11-13-3-1-2-4-16(13)20/h1-8,10H,9,11,20H2. The molecule has 22 heavy (non-hydrogen) atoms. The molecule has 1 aromatic heterocycles. The molecule has 2 N–H and O–H groups in total. The Labute approximate surface area is 127 Å². The number of halogens is 2. The summed E-state index contributed by atoms with van der Waals surface area (Å²) in [5.74, 6) is -0.441. The predicted octanol–water partition coefficient (Wildman–Crippen LogP) is 3.38. The number of anilines is 1. The zero-order valence-corrected chi connectivity index (χ0v) is 11.8. The summed E-state index contributed by atoms with van der Waals surface area (Å²) in [5, 5.41) is 0. The van der Waals surface area contributed by atoms with E-state index in [9.17, 15) is 8.78 Å². The van der Waals surface area contributed by atoms with Crippen LogP contribution in [0, 0.1) is 11.6 Å². The number of nitrogen functional groups attached to an aromatic ring is 1. The molecule has 0 radical (unpaired) electrons. The Bertz CT molecular complexity index is 796. The van der Waals surface area contributed by atoms with Gasteiger partial charge < -0.3 is 10.3 Å². The number of imidazole rings is 1. The number of hydrogen-bond donors (Lipinski definition) is 1. The van der Waals surface area contributed by atoms with Crippen molar-refractivity contribution in [2.45, 2.75) is 13.0 Å². The van der Waals surface area contributed by atoms with Gasteiger partial charge in [0.05, 0.1) is 6.54 Å². The third-order valence-corrected chi connectivity index (χ3v) is 3.56. The molecular formula is C17H15F2N3. The molecule has 0 saturated heterocycles. The molecule has 0 spiro atoms. The van der Waals surface area contributed by atoms with Crippen LogP contribution in [0.15, 0.2) is 54.9 Å². The average molecular weight is 299 g/mol. The van der Waals surface area contributed by atoms with E-state index in [0.29, 0.717) is 30.0 Å². The van der Waals surface area contributed by atoms with Crippen molar-refractivity contribution in [1.82, 2.24) is 9.55 Å². The van der Waals surface area contributed by atoms with Crippen molar-refractivity contribution in [2.75, 3.05) is 5.73 Å². The molecule has 112 valence electrons. The number of aromatic nitrogens is 2. The van der Waals surface area contributed by atoms with Gasteiger partial charge in [0.1, 0.15) is 17.5 Å². The van der Waals surface area contributed by atoms with Gasteiger partial charge in [-0.25, -0.2) is 13.8 Å². The van der Waals surface area contributed by atoms with Gasteiger partial charge in [0.25, 0.3) is 0 Å². The zero-order chi connectivity index (χ0) is 15.5. The summed E-state index contributed by atoms with van der Waals surface area (Å²) in [6, 6.07) is 11.2. The molecule has 3 rings (SSSR count). The summed E-state index contributed by atoms with van der Waals surface area (Å²) in [4.78, 5) is 4.26. The van der Waals surface area contributed by atoms with E-state index >= 15 is 0 Å². The minimum Gasteiger partial charge on any atom is -0.398 e. The average Bonchev–Trinajstić information content (AvgIpc) is 2.92. The Morgan fingerprint density at radius 1 is 1.05 bits per heavy atom. The Hall–Kier alpha value is -2.69. The molecule has 0 bridgehead atoms. The Morgan fingerprint density at radius 2 is 1.86 bits per heavy atom. The van der Waals surface area contributed by atoms with Crippen LogP contribution in [0.5, 0.6) is 0 Å². The first-order chi connectivity index (χ1) is 10.6. The lowest BCUT2D eigenvalue weighted by molar-refractivity contribution is 0.572. The van der Waals surface area contributed by atoms with Crippen LogP contribution < -0.4 is 5.73 Å². The van der Waals surface area contributed by atoms with Gasteiger partial charge in [0.2, 0.25) is 0 Å². The Balaban J connectivity index is 1.85. The number of rotatable bonds is 4. The molecule has 1 heterocycles. The van der Waals surface area contributed by atoms with E-state index < -0.39 is 11.6 Å². The fourth-order valence-electron chi connectivity index (χ4n) is 2.35. The first kappa shape index (κ1) is 14.3. The molecule has 0 saturated carbocycles. The molecule has 0 aliphatic heterocycles. The molecule has 0 unspecified atom stereocenters. The van der Waals surface area contributed by atoms with Gasteiger partial charge in [-0.15, -0.1) is 0 Å². The molecule has 0 fully saturated rings. The van der Waals surface area contributed by atoms with Crippen molar-refractivity contribution in [2.24, 2.45) is 0 Å². The van der Waals surface area contributed by atoms with Gasteiger partial charge in [-0.3, -0.25) is 0 Å². The monoisotopic (exact) mass is 299 g/mol. The van der Waals surface area contributed by atoms with Crippen molar-refractivity contribution in [1.29, 1.82) is 0 Å². The van der Waals surface area contributed by atoms with E-state index in [1.165, 1.54) is 12.1 Å². The lowest BCUT2D eigenvalue weighted by atomic mass is 10.1. The largest absolute Gasteiger partial charge is 0.398 e. The summed E-state index contributed by atoms with van der Waals surface area (Å²) in [7, 11) is 0. The molecular weight excluding hydrogens is 284 g/mol. The van der Waals surface area contributed by atoms with Crippen molar-refractivity contribution >= 4 is 5.69 Å². The second-order valence-electron chi connectivity index (χ2n) is 5.08. The summed E-state index contributed by atoms with van der Waals surface area (Å²) in [6.07, 6.45) is 3.78. The predicted molar refractivity (Wildman–Crippen MR) is 81.3 cm³/mol. The van der Waals surface area contributed by atoms with E-state index in [2.05, 4.69) is 4.98 Å². The topological polar surface area (TPSA) is 43.8 Å². The van der Waals surface area contributed by atoms with Crippen molar-refractivity contribution in [3.05, 3.63) is 83.4 Å². The van der Waals surface area contributed by atoms with Crippen LogP contribution in [0.4, 0.5) is 14.5 Å². The van der Waals surface area contributed by atoms with Gasteiger partial charge in [-0.2, -0.15) is 0 Å². The molecule has 3 nitrogen and oxygen atoms in total. The van der Waals surface area contributed by atoms with E-state index in [1.807, 2.05) is 35.0 Å². The van der Waals surface area contributed by atoms with Gasteiger partial charge in [-0.1, -0.05) is 24.3 Å². The van der Waals surface area contributed by atoms with E-state index in [4.69, 9.17) is 5.73 Å². The third kappa shape index (κ3) is 2.98. The molecule has 2 aromatic carbocycles. The van der Waals surface area contributed by atoms with Crippen LogP contribution in [0.2, 0.25) is 0 Å². The lowest BCUT2D eigenvalue weighted by Gasteiger charge is -2.10. The van der Waals surface area contributed by atoms with E-state index in [-0.39, 0.29) is 0 Å². The van der Waals surface area contributed by atoms with Gasteiger partial charge >= 0.3 is 0 Å². The maximum Gasteiger partial charge on any atom is 0.129 e. The van der Waals surface area contributed by atoms with Crippen molar-refractivity contribution in [3.63, 3.8) is 0 Å². The number of nitrogens with two attached hydrogens (primary N) is 1. The molecule has 3 aromatic rings. The number of nitrogens with zero attached hydrogens (tertiary/aromatic N) is 2. The summed E-state index contributed by atoms with van der Waals surface area (Å²) in [6.45, 7) is 0.560. The minimum absolute atomic E-state index is 0.297. The van der Waals surface area contributed by atoms with Gasteiger partial charge in [-0.05, 0) is 23.3 Å². The Morgan fingerprint density at radius 3 is 2.64 bits per heavy atom. The van der Waals surface area contributed by atoms with E-state index in [1.54, 1.807) is 6.20 Å². The van der Waals surface area contributed by atoms with Crippen LogP contribution in [0.25, 0.3) is 0 Å². The minimum atomic E-state index is -0.582. The van der Waals surface area contributed by atoms with Crippen LogP contribution in [-0.4, -0.2) is 9.55 Å². The normalized spacial score (nSPS) is 10.8. The van der Waals surface area contributed by atoms with Crippen LogP contribution in [0.3, 0.4) is 0 Å². The fraction of sp³-hybridized carbons (Fsp3) is 0.118. The van der Waals surface area contributed by atoms with Crippen LogP contribution >= 0.6 is 0 Å². The highest BCUT2D eigenvalue weighted by atomic mass is 19.1. The Kier molecular flexibility index (Phi) is 3.87. The van der Waals surface area contributed by atoms with Crippen molar-refractivity contribution in [3.8, 4) is 0 Å². The maximum atomic E-state index is 13.8. The first-order valence-corrected chi connectivity index (χ1v) is 6.91. The van der Waals surface area contributed by atoms with Gasteiger partial charge in [0.15, 0.2) is 0 Å². The second kappa shape index (κ2) is 5.97. The summed E-state index contributed by atoms with van der Waals surface area (Å²) in [5.41, 5.74) is 8.03. The molecule has 0 aliphatic rings. The highest BCUT2D eigenvalue weighted by Crippen LogP contribution is 2.17. The van der Waals surface area contributed by atoms with Crippen LogP contribution in [-0.2, 0) is 13.0 Å². The highest BCUT2D eigenvalue weighted by Gasteiger charge is 2.10. The summed E-state index contributed by atoms with van der Waals surface area (Å²) >= 11 is 0. The third-order valence-electron chi connectivity index (χ3n) is 3.56. The number of hydrogen-bond acceptors (Lipinski definition) is 2. The number of benzene rings is 2. The molecule has 0 amide bonds. The first-order valence-electron chi connectivity index (χ1n) is 6.91. The second-order valence-corrected chi connectivity index (χ2v) is 5.08. The molecule has 0 aliphatic carbocycles. The van der Waals surface area contributed by atoms with E-state index in [0.717, 1.165) is 11.6 Å². The molecule has 0 atom stereocenters. The zero-order valence-electron chi connectivity index (χ0n) is 11.8. The quantitative estimate of drug-likeness (QED) is 0.751. The SMILES string of the molecule is Nc1ccccc1Cn1ccnc1Cc1ccc(F)cc1F. The van der Waals surface area contributed by atoms with Gasteiger partial charge in [0, 0.05) is 30.6 Å². The fourth-order valence-corrected chi connectivity index (χ4v) is 2.35. The molecule has 5 heteroatoms. The smallest absolute Gasteiger partial charge is 0.129 e. The highest BCUT2D eigenvalue weighted by molar-refractivity contribution is 5.46. The number of para-hydroxylation sites is 1. The summed E-state index contributed by atoms with van der Waals surface area (Å²) < 4.78 is 28.6. The van der Waals surface area contributed by atoms with Crippen LogP contribution in [0.1, 0.15) is 17.0 Å².